The number of nitrogens with one attached hydrogen (secondary N) is 2. The molecule has 1 aromatic rings. The van der Waals surface area contributed by atoms with Crippen LogP contribution < -0.4 is 5.32 Å². The van der Waals surface area contributed by atoms with Crippen molar-refractivity contribution in [2.75, 3.05) is 6.61 Å². The summed E-state index contributed by atoms with van der Waals surface area (Å²) in [4.78, 5) is 15.8. The summed E-state index contributed by atoms with van der Waals surface area (Å²) < 4.78 is 0.696. The Labute approximate surface area is 110 Å². The van der Waals surface area contributed by atoms with Crippen LogP contribution in [0.2, 0.25) is 0 Å². The molecule has 6 heteroatoms. The number of hydrogen-bond acceptors (Lipinski definition) is 4. The standard InChI is InChI=1S/C11H18N2O2S2/c1-6(5-14)7(2)12-10(15)4-9-8(3)13-11(16)17-9/h6-7,14H,4-5H2,1-3H3,(H,12,15)(H,13,16). The van der Waals surface area contributed by atoms with Crippen LogP contribution in [0, 0.1) is 16.8 Å². The molecule has 0 saturated heterocycles. The van der Waals surface area contributed by atoms with Crippen LogP contribution in [0.1, 0.15) is 24.4 Å². The van der Waals surface area contributed by atoms with Gasteiger partial charge in [0, 0.05) is 23.2 Å². The molecule has 0 aliphatic rings. The first-order valence-corrected chi connectivity index (χ1v) is 6.75. The molecule has 0 aromatic carbocycles. The van der Waals surface area contributed by atoms with Crippen LogP contribution in [0.3, 0.4) is 0 Å². The maximum absolute atomic E-state index is 11.8. The number of aryl methyl sites for hydroxylation is 1. The number of aliphatic hydroxyl groups excluding tert-OH is 1. The van der Waals surface area contributed by atoms with E-state index in [2.05, 4.69) is 10.3 Å². The average molecular weight is 274 g/mol. The Morgan fingerprint density at radius 3 is 2.71 bits per heavy atom. The first-order valence-electron chi connectivity index (χ1n) is 5.52. The van der Waals surface area contributed by atoms with Gasteiger partial charge in [0.05, 0.1) is 6.42 Å². The topological polar surface area (TPSA) is 65.1 Å². The van der Waals surface area contributed by atoms with Crippen molar-refractivity contribution in [3.63, 3.8) is 0 Å². The predicted octanol–water partition coefficient (Wildman–Crippen LogP) is 1.79. The van der Waals surface area contributed by atoms with Gasteiger partial charge in [0.2, 0.25) is 5.91 Å². The Morgan fingerprint density at radius 2 is 2.24 bits per heavy atom. The lowest BCUT2D eigenvalue weighted by atomic mass is 10.1. The summed E-state index contributed by atoms with van der Waals surface area (Å²) in [5.74, 6) is 0.0237. The lowest BCUT2D eigenvalue weighted by molar-refractivity contribution is -0.121. The van der Waals surface area contributed by atoms with Crippen molar-refractivity contribution in [2.45, 2.75) is 33.2 Å². The molecule has 0 radical (unpaired) electrons. The Balaban J connectivity index is 2.56. The molecule has 2 unspecified atom stereocenters. The summed E-state index contributed by atoms with van der Waals surface area (Å²) in [5.41, 5.74) is 0.956. The second kappa shape index (κ2) is 6.28. The van der Waals surface area contributed by atoms with Gasteiger partial charge < -0.3 is 15.4 Å². The minimum Gasteiger partial charge on any atom is -0.396 e. The molecular formula is C11H18N2O2S2. The zero-order valence-electron chi connectivity index (χ0n) is 10.2. The van der Waals surface area contributed by atoms with Gasteiger partial charge in [0.1, 0.15) is 0 Å². The lowest BCUT2D eigenvalue weighted by Crippen LogP contribution is -2.39. The van der Waals surface area contributed by atoms with Gasteiger partial charge in [-0.05, 0) is 32.0 Å². The molecule has 0 fully saturated rings. The second-order valence-corrected chi connectivity index (χ2v) is 6.03. The molecule has 2 atom stereocenters. The fourth-order valence-corrected chi connectivity index (χ4v) is 2.65. The molecule has 96 valence electrons. The van der Waals surface area contributed by atoms with Gasteiger partial charge in [-0.3, -0.25) is 4.79 Å². The number of H-pyrrole nitrogens is 1. The molecule has 1 aromatic heterocycles. The van der Waals surface area contributed by atoms with Crippen molar-refractivity contribution >= 4 is 29.5 Å². The predicted molar refractivity (Wildman–Crippen MR) is 71.8 cm³/mol. The fraction of sp³-hybridized carbons (Fsp3) is 0.636. The van der Waals surface area contributed by atoms with Gasteiger partial charge in [0.15, 0.2) is 3.95 Å². The number of rotatable bonds is 5. The Kier molecular flexibility index (Phi) is 5.30. The summed E-state index contributed by atoms with van der Waals surface area (Å²) in [6.07, 6.45) is 0.339. The van der Waals surface area contributed by atoms with Gasteiger partial charge in [-0.2, -0.15) is 0 Å². The van der Waals surface area contributed by atoms with Gasteiger partial charge >= 0.3 is 0 Å². The molecule has 17 heavy (non-hydrogen) atoms. The maximum Gasteiger partial charge on any atom is 0.225 e. The van der Waals surface area contributed by atoms with E-state index < -0.39 is 0 Å². The number of aromatic amines is 1. The van der Waals surface area contributed by atoms with E-state index in [1.165, 1.54) is 11.3 Å². The van der Waals surface area contributed by atoms with Crippen LogP contribution in [0.15, 0.2) is 0 Å². The average Bonchev–Trinajstić information content (AvgIpc) is 2.55. The van der Waals surface area contributed by atoms with Crippen LogP contribution in [0.25, 0.3) is 0 Å². The van der Waals surface area contributed by atoms with E-state index in [4.69, 9.17) is 17.3 Å². The Hall–Kier alpha value is -0.720. The molecule has 1 rings (SSSR count). The zero-order chi connectivity index (χ0) is 13.0. The van der Waals surface area contributed by atoms with Crippen LogP contribution in [-0.4, -0.2) is 28.6 Å². The van der Waals surface area contributed by atoms with Crippen molar-refractivity contribution < 1.29 is 9.90 Å². The van der Waals surface area contributed by atoms with Crippen LogP contribution in [0.4, 0.5) is 0 Å². The number of carbonyl (C=O) groups excluding carboxylic acids is 1. The number of aliphatic hydroxyl groups is 1. The first-order chi connectivity index (χ1) is 7.93. The number of amides is 1. The highest BCUT2D eigenvalue weighted by atomic mass is 32.1. The number of hydrogen-bond donors (Lipinski definition) is 3. The van der Waals surface area contributed by atoms with Gasteiger partial charge in [-0.1, -0.05) is 6.92 Å². The van der Waals surface area contributed by atoms with E-state index in [-0.39, 0.29) is 24.5 Å². The Morgan fingerprint density at radius 1 is 1.59 bits per heavy atom. The number of carbonyl (C=O) groups is 1. The van der Waals surface area contributed by atoms with E-state index in [0.29, 0.717) is 10.4 Å². The third-order valence-electron chi connectivity index (χ3n) is 2.78. The summed E-state index contributed by atoms with van der Waals surface area (Å²) in [6.45, 7) is 5.78. The normalized spacial score (nSPS) is 14.4. The molecule has 0 saturated carbocycles. The van der Waals surface area contributed by atoms with E-state index in [1.807, 2.05) is 20.8 Å². The smallest absolute Gasteiger partial charge is 0.225 e. The molecule has 1 heterocycles. The van der Waals surface area contributed by atoms with E-state index >= 15 is 0 Å². The molecule has 1 amide bonds. The monoisotopic (exact) mass is 274 g/mol. The highest BCUT2D eigenvalue weighted by Crippen LogP contribution is 2.15. The summed E-state index contributed by atoms with van der Waals surface area (Å²) in [5, 5.41) is 11.9. The van der Waals surface area contributed by atoms with Crippen molar-refractivity contribution in [1.29, 1.82) is 0 Å². The summed E-state index contributed by atoms with van der Waals surface area (Å²) >= 11 is 6.45. The summed E-state index contributed by atoms with van der Waals surface area (Å²) in [7, 11) is 0. The molecule has 0 bridgehead atoms. The molecule has 4 nitrogen and oxygen atoms in total. The van der Waals surface area contributed by atoms with Crippen LogP contribution >= 0.6 is 23.6 Å². The molecular weight excluding hydrogens is 256 g/mol. The largest absolute Gasteiger partial charge is 0.396 e. The van der Waals surface area contributed by atoms with Gasteiger partial charge in [-0.15, -0.1) is 11.3 Å². The van der Waals surface area contributed by atoms with Crippen LogP contribution in [0.5, 0.6) is 0 Å². The quantitative estimate of drug-likeness (QED) is 0.717. The van der Waals surface area contributed by atoms with E-state index in [0.717, 1.165) is 10.6 Å². The minimum absolute atomic E-state index is 0.0280. The maximum atomic E-state index is 11.8. The molecule has 0 aliphatic heterocycles. The zero-order valence-corrected chi connectivity index (χ0v) is 11.9. The first kappa shape index (κ1) is 14.3. The highest BCUT2D eigenvalue weighted by Gasteiger charge is 2.15. The third kappa shape index (κ3) is 4.22. The molecule has 3 N–H and O–H groups in total. The van der Waals surface area contributed by atoms with Crippen molar-refractivity contribution in [1.82, 2.24) is 10.3 Å². The van der Waals surface area contributed by atoms with Crippen molar-refractivity contribution in [3.8, 4) is 0 Å². The number of thiazole rings is 1. The molecule has 0 spiro atoms. The summed E-state index contributed by atoms with van der Waals surface area (Å²) in [6, 6.07) is -0.0280. The second-order valence-electron chi connectivity index (χ2n) is 4.26. The fourth-order valence-electron chi connectivity index (χ4n) is 1.36. The van der Waals surface area contributed by atoms with Crippen LogP contribution in [-0.2, 0) is 11.2 Å². The Bertz CT molecular complexity index is 439. The minimum atomic E-state index is -0.0360. The third-order valence-corrected chi connectivity index (χ3v) is 4.11. The van der Waals surface area contributed by atoms with Crippen molar-refractivity contribution in [2.24, 2.45) is 5.92 Å². The molecule has 0 aliphatic carbocycles. The highest BCUT2D eigenvalue weighted by molar-refractivity contribution is 7.73. The van der Waals surface area contributed by atoms with Gasteiger partial charge in [-0.25, -0.2) is 0 Å². The SMILES string of the molecule is Cc1[nH]c(=S)sc1CC(=O)NC(C)C(C)CO. The number of aromatic nitrogens is 1. The lowest BCUT2D eigenvalue weighted by Gasteiger charge is -2.19. The van der Waals surface area contributed by atoms with Crippen molar-refractivity contribution in [3.05, 3.63) is 14.5 Å². The van der Waals surface area contributed by atoms with E-state index in [9.17, 15) is 4.79 Å². The van der Waals surface area contributed by atoms with Gasteiger partial charge in [0.25, 0.3) is 0 Å². The van der Waals surface area contributed by atoms with E-state index in [1.54, 1.807) is 0 Å².